The number of hydrogen-bond donors (Lipinski definition) is 2. The summed E-state index contributed by atoms with van der Waals surface area (Å²) in [5, 5.41) is 24.6. The third kappa shape index (κ3) is 4.73. The van der Waals surface area contributed by atoms with Crippen molar-refractivity contribution in [2.24, 2.45) is 11.3 Å². The lowest BCUT2D eigenvalue weighted by atomic mass is 9.79. The number of aromatic nitrogens is 3. The Labute approximate surface area is 244 Å². The summed E-state index contributed by atoms with van der Waals surface area (Å²) in [5.41, 5.74) is -1.21. The molecule has 3 heterocycles. The molecule has 0 atom stereocenters. The summed E-state index contributed by atoms with van der Waals surface area (Å²) in [6, 6.07) is 3.27. The van der Waals surface area contributed by atoms with Gasteiger partial charge in [0.25, 0.3) is 5.91 Å². The highest BCUT2D eigenvalue weighted by molar-refractivity contribution is 7.14. The molecule has 2 aliphatic carbocycles. The van der Waals surface area contributed by atoms with Gasteiger partial charge in [-0.2, -0.15) is 0 Å². The molecule has 222 valence electrons. The van der Waals surface area contributed by atoms with E-state index in [2.05, 4.69) is 22.4 Å². The molecule has 1 aliphatic heterocycles. The lowest BCUT2D eigenvalue weighted by molar-refractivity contribution is -0.127. The van der Waals surface area contributed by atoms with E-state index in [-0.39, 0.29) is 45.5 Å². The van der Waals surface area contributed by atoms with Gasteiger partial charge in [-0.3, -0.25) is 24.1 Å². The molecule has 13 heteroatoms. The van der Waals surface area contributed by atoms with Crippen molar-refractivity contribution >= 4 is 23.2 Å². The maximum atomic E-state index is 14.2. The second kappa shape index (κ2) is 10.1. The number of benzene rings is 1. The molecule has 3 aromatic rings. The van der Waals surface area contributed by atoms with E-state index >= 15 is 0 Å². The van der Waals surface area contributed by atoms with Gasteiger partial charge in [0.2, 0.25) is 11.3 Å². The number of nitrogens with one attached hydrogen (secondary N) is 1. The number of carbonyl (C=O) groups is 2. The number of nitrogens with zero attached hydrogens (tertiary/aromatic N) is 5. The van der Waals surface area contributed by atoms with Gasteiger partial charge in [0.05, 0.1) is 5.56 Å². The second-order valence-electron chi connectivity index (χ2n) is 12.0. The van der Waals surface area contributed by atoms with Crippen LogP contribution in [0.25, 0.3) is 10.6 Å². The van der Waals surface area contributed by atoms with Crippen LogP contribution in [0.5, 0.6) is 5.75 Å². The standard InChI is InChI=1S/C29H32F2N6O4S/c1-28(10-11-28)15-32-25(40)16-6-8-29(9-7-16)35(2)27(41)22-24(39)23(38)19(14-37(22)36(29)3)26-34-33-21(42-26)12-17-4-5-18(30)13-20(17)31/h4-5,13-14,16,39H,6-12,15H2,1-3H3,(H,32,40). The minimum absolute atomic E-state index is 0.0422. The van der Waals surface area contributed by atoms with Crippen LogP contribution in [0.2, 0.25) is 0 Å². The molecular weight excluding hydrogens is 566 g/mol. The molecule has 3 aliphatic rings. The first-order valence-electron chi connectivity index (χ1n) is 14.0. The smallest absolute Gasteiger partial charge is 0.278 e. The molecule has 2 fully saturated rings. The van der Waals surface area contributed by atoms with Crippen molar-refractivity contribution in [1.82, 2.24) is 25.1 Å². The van der Waals surface area contributed by atoms with Crippen LogP contribution in [0, 0.1) is 23.0 Å². The fourth-order valence-electron chi connectivity index (χ4n) is 6.04. The third-order valence-corrected chi connectivity index (χ3v) is 10.2. The highest BCUT2D eigenvalue weighted by Crippen LogP contribution is 2.45. The molecule has 2 aromatic heterocycles. The third-order valence-electron chi connectivity index (χ3n) is 9.23. The Bertz CT molecular complexity index is 1640. The number of halogens is 2. The largest absolute Gasteiger partial charge is 0.502 e. The zero-order valence-electron chi connectivity index (χ0n) is 23.6. The lowest BCUT2D eigenvalue weighted by Crippen LogP contribution is -2.69. The van der Waals surface area contributed by atoms with Crippen LogP contribution in [0.4, 0.5) is 8.78 Å². The van der Waals surface area contributed by atoms with Crippen molar-refractivity contribution in [1.29, 1.82) is 0 Å². The topological polar surface area (TPSA) is 121 Å². The van der Waals surface area contributed by atoms with Crippen LogP contribution >= 0.6 is 11.3 Å². The molecule has 10 nitrogen and oxygen atoms in total. The van der Waals surface area contributed by atoms with E-state index in [1.165, 1.54) is 16.9 Å². The maximum Gasteiger partial charge on any atom is 0.278 e. The van der Waals surface area contributed by atoms with E-state index in [0.717, 1.165) is 36.3 Å². The van der Waals surface area contributed by atoms with E-state index in [9.17, 15) is 28.3 Å². The molecule has 2 amide bonds. The first kappa shape index (κ1) is 28.3. The number of fused-ring (bicyclic) bond motifs is 1. The first-order chi connectivity index (χ1) is 19.9. The van der Waals surface area contributed by atoms with Gasteiger partial charge in [-0.1, -0.05) is 24.3 Å². The molecule has 2 saturated carbocycles. The summed E-state index contributed by atoms with van der Waals surface area (Å²) < 4.78 is 29.0. The number of rotatable bonds is 6. The van der Waals surface area contributed by atoms with Gasteiger partial charge >= 0.3 is 0 Å². The molecule has 0 radical (unpaired) electrons. The Balaban J connectivity index is 1.27. The Morgan fingerprint density at radius 3 is 2.52 bits per heavy atom. The predicted octanol–water partition coefficient (Wildman–Crippen LogP) is 3.40. The molecule has 1 aromatic carbocycles. The molecule has 0 unspecified atom stereocenters. The van der Waals surface area contributed by atoms with E-state index in [4.69, 9.17) is 0 Å². The van der Waals surface area contributed by atoms with Crippen molar-refractivity contribution in [3.05, 3.63) is 62.5 Å². The van der Waals surface area contributed by atoms with Gasteiger partial charge in [0.1, 0.15) is 22.3 Å². The summed E-state index contributed by atoms with van der Waals surface area (Å²) >= 11 is 1.05. The van der Waals surface area contributed by atoms with Gasteiger partial charge in [-0.05, 0) is 55.6 Å². The normalized spacial score (nSPS) is 22.8. The van der Waals surface area contributed by atoms with Crippen molar-refractivity contribution in [3.8, 4) is 16.3 Å². The van der Waals surface area contributed by atoms with E-state index < -0.39 is 34.4 Å². The van der Waals surface area contributed by atoms with Gasteiger partial charge < -0.3 is 15.3 Å². The van der Waals surface area contributed by atoms with Crippen LogP contribution in [-0.2, 0) is 11.2 Å². The van der Waals surface area contributed by atoms with Crippen LogP contribution < -0.4 is 15.8 Å². The fraction of sp³-hybridized carbons (Fsp3) is 0.483. The van der Waals surface area contributed by atoms with E-state index in [1.807, 2.05) is 5.01 Å². The minimum atomic E-state index is -0.771. The predicted molar refractivity (Wildman–Crippen MR) is 152 cm³/mol. The summed E-state index contributed by atoms with van der Waals surface area (Å²) in [4.78, 5) is 41.2. The number of amides is 2. The summed E-state index contributed by atoms with van der Waals surface area (Å²) in [7, 11) is 3.44. The van der Waals surface area contributed by atoms with Crippen LogP contribution in [0.15, 0.2) is 29.2 Å². The number of aromatic hydroxyl groups is 1. The SMILES string of the molecule is CN1C(=O)c2c(O)c(=O)c(-c3nnc(Cc4ccc(F)cc4F)s3)cn2N(C)C12CCC(C(=O)NCC1(C)CC1)CC2. The van der Waals surface area contributed by atoms with Crippen LogP contribution in [-0.4, -0.2) is 63.0 Å². The zero-order chi connectivity index (χ0) is 30.0. The minimum Gasteiger partial charge on any atom is -0.502 e. The molecule has 42 heavy (non-hydrogen) atoms. The maximum absolute atomic E-state index is 14.2. The average Bonchev–Trinajstić information content (AvgIpc) is 3.53. The van der Waals surface area contributed by atoms with Gasteiger partial charge in [-0.15, -0.1) is 10.2 Å². The Hall–Kier alpha value is -3.87. The summed E-state index contributed by atoms with van der Waals surface area (Å²) in [6.45, 7) is 2.85. The van der Waals surface area contributed by atoms with Crippen molar-refractivity contribution in [2.75, 3.05) is 25.6 Å². The second-order valence-corrected chi connectivity index (χ2v) is 13.1. The zero-order valence-corrected chi connectivity index (χ0v) is 24.4. The number of pyridine rings is 1. The monoisotopic (exact) mass is 598 g/mol. The van der Waals surface area contributed by atoms with Crippen molar-refractivity contribution in [3.63, 3.8) is 0 Å². The quantitative estimate of drug-likeness (QED) is 0.446. The van der Waals surface area contributed by atoms with Crippen LogP contribution in [0.3, 0.4) is 0 Å². The van der Waals surface area contributed by atoms with E-state index in [0.29, 0.717) is 37.2 Å². The van der Waals surface area contributed by atoms with E-state index in [1.54, 1.807) is 19.0 Å². The Morgan fingerprint density at radius 2 is 1.86 bits per heavy atom. The highest BCUT2D eigenvalue weighted by Gasteiger charge is 2.51. The molecular formula is C29H32F2N6O4S. The average molecular weight is 599 g/mol. The van der Waals surface area contributed by atoms with Crippen LogP contribution in [0.1, 0.15) is 66.5 Å². The lowest BCUT2D eigenvalue weighted by Gasteiger charge is -2.55. The highest BCUT2D eigenvalue weighted by atomic mass is 32.1. The van der Waals surface area contributed by atoms with Gasteiger partial charge in [0, 0.05) is 45.2 Å². The van der Waals surface area contributed by atoms with Gasteiger partial charge in [0.15, 0.2) is 16.5 Å². The number of hydrogen-bond acceptors (Lipinski definition) is 8. The molecule has 0 bridgehead atoms. The summed E-state index contributed by atoms with van der Waals surface area (Å²) in [5.74, 6) is -2.70. The fourth-order valence-corrected chi connectivity index (χ4v) is 6.91. The molecule has 1 spiro atoms. The summed E-state index contributed by atoms with van der Waals surface area (Å²) in [6.07, 6.45) is 5.98. The molecule has 2 N–H and O–H groups in total. The molecule has 0 saturated heterocycles. The van der Waals surface area contributed by atoms with Gasteiger partial charge in [-0.25, -0.2) is 8.78 Å². The first-order valence-corrected chi connectivity index (χ1v) is 14.8. The van der Waals surface area contributed by atoms with Crippen molar-refractivity contribution in [2.45, 2.75) is 57.5 Å². The molecule has 6 rings (SSSR count). The Morgan fingerprint density at radius 1 is 1.14 bits per heavy atom. The van der Waals surface area contributed by atoms with Crippen molar-refractivity contribution < 1.29 is 23.5 Å². The Kier molecular flexibility index (Phi) is 6.82. The number of carbonyl (C=O) groups excluding carboxylic acids is 2.